The zero-order valence-corrected chi connectivity index (χ0v) is 26.1. The van der Waals surface area contributed by atoms with Crippen molar-refractivity contribution in [1.29, 1.82) is 0 Å². The summed E-state index contributed by atoms with van der Waals surface area (Å²) < 4.78 is 29.2. The summed E-state index contributed by atoms with van der Waals surface area (Å²) in [6, 6.07) is 16.4. The predicted octanol–water partition coefficient (Wildman–Crippen LogP) is 4.23. The summed E-state index contributed by atoms with van der Waals surface area (Å²) in [7, 11) is 1.72. The van der Waals surface area contributed by atoms with E-state index in [4.69, 9.17) is 23.7 Å². The Labute approximate surface area is 264 Å². The molecular weight excluding hydrogens is 604 g/mol. The molecule has 0 bridgehead atoms. The van der Waals surface area contributed by atoms with Gasteiger partial charge in [-0.3, -0.25) is 34.1 Å². The van der Waals surface area contributed by atoms with Crippen molar-refractivity contribution in [2.75, 3.05) is 6.61 Å². The van der Waals surface area contributed by atoms with Gasteiger partial charge in [0, 0.05) is 65.1 Å². The Morgan fingerprint density at radius 3 is 1.76 bits per heavy atom. The molecule has 0 aliphatic carbocycles. The molecule has 46 heavy (non-hydrogen) atoms. The maximum Gasteiger partial charge on any atom is 0.303 e. The van der Waals surface area contributed by atoms with Gasteiger partial charge in [0.1, 0.15) is 6.61 Å². The molecule has 14 nitrogen and oxygen atoms in total. The molecule has 0 fully saturated rings. The van der Waals surface area contributed by atoms with Gasteiger partial charge in [-0.1, -0.05) is 30.3 Å². The number of aromatic nitrogens is 1. The standard InChI is InChI=1S/C32H34N2O12/c1-18(35)42-17-28(43-19(2)36)31(45-21(4)38)32(46-22(5)39)30(44-20(3)37)26-16-27(23-10-8-7-9-11-23)33(6)29(26)24-12-14-25(15-13-24)34(40)41/h7-16,28,30-32H,17H2,1-6H3/t28-,30-,31-,32-/m1/s1. The van der Waals surface area contributed by atoms with E-state index in [2.05, 4.69) is 0 Å². The van der Waals surface area contributed by atoms with E-state index in [0.29, 0.717) is 17.0 Å². The van der Waals surface area contributed by atoms with Crippen LogP contribution in [0.2, 0.25) is 0 Å². The zero-order chi connectivity index (χ0) is 34.1. The Balaban J connectivity index is 2.37. The third-order valence-electron chi connectivity index (χ3n) is 6.64. The lowest BCUT2D eigenvalue weighted by Crippen LogP contribution is -2.50. The number of nitro benzene ring substituents is 1. The van der Waals surface area contributed by atoms with Crippen LogP contribution in [0.1, 0.15) is 46.3 Å². The molecule has 0 aliphatic heterocycles. The SMILES string of the molecule is CC(=O)OC[C@@H](OC(C)=O)[C@@H](OC(C)=O)[C@H](OC(C)=O)[C@H](OC(C)=O)c1cc(-c2ccccc2)n(C)c1-c1ccc([N+](=O)[O-])cc1. The van der Waals surface area contributed by atoms with Crippen LogP contribution in [0.3, 0.4) is 0 Å². The third-order valence-corrected chi connectivity index (χ3v) is 6.64. The van der Waals surface area contributed by atoms with Crippen molar-refractivity contribution in [3.05, 3.63) is 76.3 Å². The summed E-state index contributed by atoms with van der Waals surface area (Å²) in [6.07, 6.45) is -6.34. The molecule has 1 heterocycles. The second-order valence-electron chi connectivity index (χ2n) is 10.2. The number of carbonyl (C=O) groups excluding carboxylic acids is 5. The number of hydrogen-bond acceptors (Lipinski definition) is 12. The van der Waals surface area contributed by atoms with Crippen LogP contribution in [0.4, 0.5) is 5.69 Å². The van der Waals surface area contributed by atoms with E-state index >= 15 is 0 Å². The van der Waals surface area contributed by atoms with Crippen LogP contribution in [0.15, 0.2) is 60.7 Å². The van der Waals surface area contributed by atoms with E-state index in [-0.39, 0.29) is 11.3 Å². The number of benzene rings is 2. The molecule has 0 N–H and O–H groups in total. The van der Waals surface area contributed by atoms with Gasteiger partial charge in [-0.05, 0) is 29.3 Å². The first-order valence-electron chi connectivity index (χ1n) is 14.0. The summed E-state index contributed by atoms with van der Waals surface area (Å²) in [5.74, 6) is -4.14. The van der Waals surface area contributed by atoms with Crippen LogP contribution in [0.25, 0.3) is 22.5 Å². The lowest BCUT2D eigenvalue weighted by atomic mass is 9.94. The van der Waals surface area contributed by atoms with Crippen molar-refractivity contribution >= 4 is 35.5 Å². The van der Waals surface area contributed by atoms with E-state index in [9.17, 15) is 34.1 Å². The monoisotopic (exact) mass is 638 g/mol. The van der Waals surface area contributed by atoms with E-state index in [0.717, 1.165) is 40.2 Å². The Hall–Kier alpha value is -5.53. The molecule has 0 saturated carbocycles. The van der Waals surface area contributed by atoms with Crippen LogP contribution < -0.4 is 0 Å². The molecule has 3 aromatic rings. The average molecular weight is 639 g/mol. The van der Waals surface area contributed by atoms with Gasteiger partial charge in [-0.2, -0.15) is 0 Å². The van der Waals surface area contributed by atoms with Crippen molar-refractivity contribution in [2.24, 2.45) is 7.05 Å². The number of ether oxygens (including phenoxy) is 5. The smallest absolute Gasteiger partial charge is 0.303 e. The molecule has 0 aliphatic rings. The van der Waals surface area contributed by atoms with Crippen molar-refractivity contribution in [2.45, 2.75) is 59.0 Å². The summed E-state index contributed by atoms with van der Waals surface area (Å²) in [4.78, 5) is 72.3. The topological polar surface area (TPSA) is 180 Å². The van der Waals surface area contributed by atoms with Gasteiger partial charge in [0.25, 0.3) is 5.69 Å². The first kappa shape index (κ1) is 35.0. The number of esters is 5. The van der Waals surface area contributed by atoms with Gasteiger partial charge in [-0.15, -0.1) is 0 Å². The lowest BCUT2D eigenvalue weighted by molar-refractivity contribution is -0.384. The van der Waals surface area contributed by atoms with E-state index in [1.807, 2.05) is 30.3 Å². The highest BCUT2D eigenvalue weighted by Gasteiger charge is 2.46. The summed E-state index contributed by atoms with van der Waals surface area (Å²) >= 11 is 0. The summed E-state index contributed by atoms with van der Waals surface area (Å²) in [6.45, 7) is 4.85. The molecule has 2 aromatic carbocycles. The fourth-order valence-corrected chi connectivity index (χ4v) is 4.96. The number of rotatable bonds is 13. The number of nitrogens with zero attached hydrogens (tertiary/aromatic N) is 2. The minimum Gasteiger partial charge on any atom is -0.462 e. The van der Waals surface area contributed by atoms with Crippen LogP contribution in [-0.2, 0) is 54.7 Å². The highest BCUT2D eigenvalue weighted by atomic mass is 16.6. The fraction of sp³-hybridized carbons (Fsp3) is 0.344. The van der Waals surface area contributed by atoms with Gasteiger partial charge >= 0.3 is 29.8 Å². The van der Waals surface area contributed by atoms with Gasteiger partial charge in [0.15, 0.2) is 24.4 Å². The molecule has 0 unspecified atom stereocenters. The predicted molar refractivity (Wildman–Crippen MR) is 161 cm³/mol. The Kier molecular flexibility index (Phi) is 11.7. The summed E-state index contributed by atoms with van der Waals surface area (Å²) in [5, 5.41) is 11.4. The highest BCUT2D eigenvalue weighted by molar-refractivity contribution is 5.76. The first-order chi connectivity index (χ1) is 21.7. The van der Waals surface area contributed by atoms with Crippen molar-refractivity contribution in [3.63, 3.8) is 0 Å². The van der Waals surface area contributed by atoms with Crippen molar-refractivity contribution < 1.29 is 52.6 Å². The normalized spacial score (nSPS) is 13.3. The molecule has 4 atom stereocenters. The molecular formula is C32H34N2O12. The van der Waals surface area contributed by atoms with Gasteiger partial charge in [0.05, 0.1) is 10.6 Å². The molecule has 14 heteroatoms. The minimum absolute atomic E-state index is 0.165. The van der Waals surface area contributed by atoms with Crippen molar-refractivity contribution in [3.8, 4) is 22.5 Å². The Morgan fingerprint density at radius 2 is 1.26 bits per heavy atom. The van der Waals surface area contributed by atoms with Crippen LogP contribution >= 0.6 is 0 Å². The van der Waals surface area contributed by atoms with Gasteiger partial charge in [-0.25, -0.2) is 0 Å². The quantitative estimate of drug-likeness (QED) is 0.113. The molecule has 0 radical (unpaired) electrons. The fourth-order valence-electron chi connectivity index (χ4n) is 4.96. The zero-order valence-electron chi connectivity index (χ0n) is 26.1. The number of carbonyl (C=O) groups is 5. The molecule has 244 valence electrons. The molecule has 0 amide bonds. The lowest BCUT2D eigenvalue weighted by Gasteiger charge is -2.35. The molecule has 3 rings (SSSR count). The molecule has 0 saturated heterocycles. The molecule has 1 aromatic heterocycles. The van der Waals surface area contributed by atoms with E-state index in [1.165, 1.54) is 24.3 Å². The first-order valence-corrected chi connectivity index (χ1v) is 14.0. The minimum atomic E-state index is -1.66. The second kappa shape index (κ2) is 15.5. The second-order valence-corrected chi connectivity index (χ2v) is 10.2. The van der Waals surface area contributed by atoms with E-state index in [1.54, 1.807) is 17.7 Å². The maximum absolute atomic E-state index is 12.6. The average Bonchev–Trinajstić information content (AvgIpc) is 3.32. The summed E-state index contributed by atoms with van der Waals surface area (Å²) in [5.41, 5.74) is 2.31. The third kappa shape index (κ3) is 9.00. The number of hydrogen-bond donors (Lipinski definition) is 0. The van der Waals surface area contributed by atoms with Crippen LogP contribution in [0.5, 0.6) is 0 Å². The largest absolute Gasteiger partial charge is 0.462 e. The van der Waals surface area contributed by atoms with Crippen LogP contribution in [0, 0.1) is 10.1 Å². The maximum atomic E-state index is 12.6. The highest BCUT2D eigenvalue weighted by Crippen LogP contribution is 2.41. The van der Waals surface area contributed by atoms with Crippen molar-refractivity contribution in [1.82, 2.24) is 4.57 Å². The van der Waals surface area contributed by atoms with Gasteiger partial charge < -0.3 is 28.3 Å². The van der Waals surface area contributed by atoms with Gasteiger partial charge in [0.2, 0.25) is 0 Å². The Morgan fingerprint density at radius 1 is 0.717 bits per heavy atom. The van der Waals surface area contributed by atoms with E-state index < -0.39 is 65.8 Å². The number of non-ortho nitro benzene ring substituents is 1. The number of nitro groups is 1. The molecule has 0 spiro atoms. The Bertz CT molecular complexity index is 1600. The van der Waals surface area contributed by atoms with Crippen LogP contribution in [-0.4, -0.2) is 64.3 Å².